The molecule has 0 radical (unpaired) electrons. The number of ketones is 1. The highest BCUT2D eigenvalue weighted by atomic mass is 16.5. The van der Waals surface area contributed by atoms with Crippen molar-refractivity contribution in [3.8, 4) is 0 Å². The van der Waals surface area contributed by atoms with E-state index in [4.69, 9.17) is 0 Å². The fraction of sp³-hybridized carbons (Fsp3) is 0.375. The zero-order chi connectivity index (χ0) is 10.0. The number of carbonyl (C=O) groups excluding carboxylic acids is 2. The number of aromatic nitrogens is 2. The first kappa shape index (κ1) is 9.44. The second kappa shape index (κ2) is 3.38. The fourth-order valence-corrected chi connectivity index (χ4v) is 0.935. The van der Waals surface area contributed by atoms with Gasteiger partial charge < -0.3 is 4.74 Å². The van der Waals surface area contributed by atoms with Gasteiger partial charge in [0.2, 0.25) is 0 Å². The highest BCUT2D eigenvalue weighted by molar-refractivity contribution is 5.95. The van der Waals surface area contributed by atoms with E-state index in [1.807, 2.05) is 0 Å². The van der Waals surface area contributed by atoms with E-state index in [1.54, 1.807) is 7.05 Å². The highest BCUT2D eigenvalue weighted by Gasteiger charge is 2.14. The maximum absolute atomic E-state index is 11.1. The van der Waals surface area contributed by atoms with Crippen molar-refractivity contribution in [3.05, 3.63) is 17.5 Å². The largest absolute Gasteiger partial charge is 0.464 e. The first-order valence-electron chi connectivity index (χ1n) is 3.69. The summed E-state index contributed by atoms with van der Waals surface area (Å²) in [5.74, 6) is -0.673. The van der Waals surface area contributed by atoms with E-state index in [1.165, 1.54) is 24.8 Å². The molecule has 0 amide bonds. The van der Waals surface area contributed by atoms with Crippen LogP contribution in [0.15, 0.2) is 6.07 Å². The van der Waals surface area contributed by atoms with Crippen LogP contribution in [0.3, 0.4) is 0 Å². The number of esters is 1. The third kappa shape index (κ3) is 1.74. The predicted molar refractivity (Wildman–Crippen MR) is 44.6 cm³/mol. The van der Waals surface area contributed by atoms with Gasteiger partial charge in [0.25, 0.3) is 0 Å². The van der Waals surface area contributed by atoms with Gasteiger partial charge in [0.1, 0.15) is 11.4 Å². The summed E-state index contributed by atoms with van der Waals surface area (Å²) in [6, 6.07) is 1.41. The van der Waals surface area contributed by atoms with Crippen LogP contribution in [-0.4, -0.2) is 28.6 Å². The van der Waals surface area contributed by atoms with Crippen LogP contribution in [0.4, 0.5) is 0 Å². The predicted octanol–water partition coefficient (Wildman–Crippen LogP) is 0.409. The Kier molecular flexibility index (Phi) is 2.46. The fourth-order valence-electron chi connectivity index (χ4n) is 0.935. The molecule has 0 aromatic carbocycles. The van der Waals surface area contributed by atoms with Gasteiger partial charge >= 0.3 is 5.97 Å². The molecule has 0 N–H and O–H groups in total. The number of hydrogen-bond acceptors (Lipinski definition) is 4. The van der Waals surface area contributed by atoms with E-state index < -0.39 is 5.97 Å². The normalized spacial score (nSPS) is 9.77. The molecule has 5 nitrogen and oxygen atoms in total. The molecule has 5 heteroatoms. The molecule has 0 saturated heterocycles. The molecule has 0 fully saturated rings. The summed E-state index contributed by atoms with van der Waals surface area (Å²) in [4.78, 5) is 22.0. The SMILES string of the molecule is COC(=O)c1cc(C(C)=O)nn1C. The molecule has 0 saturated carbocycles. The number of nitrogens with zero attached hydrogens (tertiary/aromatic N) is 2. The molecule has 0 atom stereocenters. The molecule has 0 aliphatic rings. The Balaban J connectivity index is 3.10. The molecule has 1 aromatic rings. The molecular weight excluding hydrogens is 172 g/mol. The maximum atomic E-state index is 11.1. The van der Waals surface area contributed by atoms with Crippen molar-refractivity contribution in [2.75, 3.05) is 7.11 Å². The van der Waals surface area contributed by atoms with Gasteiger partial charge in [-0.15, -0.1) is 0 Å². The van der Waals surface area contributed by atoms with Crippen LogP contribution in [0, 0.1) is 0 Å². The molecule has 0 bridgehead atoms. The third-order valence-corrected chi connectivity index (χ3v) is 1.64. The highest BCUT2D eigenvalue weighted by Crippen LogP contribution is 2.04. The van der Waals surface area contributed by atoms with E-state index in [9.17, 15) is 9.59 Å². The summed E-state index contributed by atoms with van der Waals surface area (Å²) in [7, 11) is 2.86. The van der Waals surface area contributed by atoms with Gasteiger partial charge in [0.05, 0.1) is 7.11 Å². The van der Waals surface area contributed by atoms with Crippen LogP contribution < -0.4 is 0 Å². The van der Waals surface area contributed by atoms with Crippen molar-refractivity contribution in [3.63, 3.8) is 0 Å². The van der Waals surface area contributed by atoms with Gasteiger partial charge in [0.15, 0.2) is 5.78 Å². The molecule has 0 spiro atoms. The Morgan fingerprint density at radius 3 is 2.54 bits per heavy atom. The van der Waals surface area contributed by atoms with E-state index in [-0.39, 0.29) is 17.2 Å². The summed E-state index contributed by atoms with van der Waals surface area (Å²) in [5.41, 5.74) is 0.538. The minimum Gasteiger partial charge on any atom is -0.464 e. The van der Waals surface area contributed by atoms with Crippen LogP contribution in [-0.2, 0) is 11.8 Å². The molecule has 1 heterocycles. The first-order chi connectivity index (χ1) is 6.06. The van der Waals surface area contributed by atoms with Crippen molar-refractivity contribution in [1.29, 1.82) is 0 Å². The smallest absolute Gasteiger partial charge is 0.356 e. The Labute approximate surface area is 75.3 Å². The number of methoxy groups -OCH3 is 1. The monoisotopic (exact) mass is 182 g/mol. The topological polar surface area (TPSA) is 61.2 Å². The molecule has 0 unspecified atom stereocenters. The van der Waals surface area contributed by atoms with Crippen LogP contribution in [0.2, 0.25) is 0 Å². The van der Waals surface area contributed by atoms with Crippen molar-refractivity contribution in [1.82, 2.24) is 9.78 Å². The van der Waals surface area contributed by atoms with E-state index >= 15 is 0 Å². The van der Waals surface area contributed by atoms with Gasteiger partial charge in [-0.1, -0.05) is 0 Å². The van der Waals surface area contributed by atoms with Gasteiger partial charge in [-0.3, -0.25) is 9.48 Å². The molecule has 0 aliphatic carbocycles. The van der Waals surface area contributed by atoms with E-state index in [0.29, 0.717) is 0 Å². The average molecular weight is 182 g/mol. The van der Waals surface area contributed by atoms with Gasteiger partial charge in [-0.2, -0.15) is 5.10 Å². The second-order valence-electron chi connectivity index (χ2n) is 2.59. The van der Waals surface area contributed by atoms with E-state index in [2.05, 4.69) is 9.84 Å². The number of ether oxygens (including phenoxy) is 1. The van der Waals surface area contributed by atoms with Gasteiger partial charge in [-0.05, 0) is 0 Å². The summed E-state index contributed by atoms with van der Waals surface area (Å²) >= 11 is 0. The molecule has 13 heavy (non-hydrogen) atoms. The molecule has 70 valence electrons. The number of rotatable bonds is 2. The number of carbonyl (C=O) groups is 2. The Morgan fingerprint density at radius 2 is 2.15 bits per heavy atom. The second-order valence-corrected chi connectivity index (χ2v) is 2.59. The lowest BCUT2D eigenvalue weighted by Crippen LogP contribution is -2.07. The quantitative estimate of drug-likeness (QED) is 0.491. The molecular formula is C8H10N2O3. The van der Waals surface area contributed by atoms with Gasteiger partial charge in [0, 0.05) is 20.0 Å². The Bertz CT molecular complexity index is 354. The zero-order valence-electron chi connectivity index (χ0n) is 7.70. The van der Waals surface area contributed by atoms with Crippen molar-refractivity contribution < 1.29 is 14.3 Å². The van der Waals surface area contributed by atoms with Crippen molar-refractivity contribution in [2.45, 2.75) is 6.92 Å². The average Bonchev–Trinajstić information content (AvgIpc) is 2.46. The van der Waals surface area contributed by atoms with Crippen LogP contribution in [0.25, 0.3) is 0 Å². The minimum atomic E-state index is -0.498. The number of Topliss-reactive ketones (excluding diaryl/α,β-unsaturated/α-hetero) is 1. The Morgan fingerprint density at radius 1 is 1.54 bits per heavy atom. The lowest BCUT2D eigenvalue weighted by molar-refractivity contribution is 0.0588. The van der Waals surface area contributed by atoms with Crippen LogP contribution in [0.5, 0.6) is 0 Å². The van der Waals surface area contributed by atoms with Crippen LogP contribution in [0.1, 0.15) is 27.9 Å². The molecule has 1 rings (SSSR count). The maximum Gasteiger partial charge on any atom is 0.356 e. The molecule has 1 aromatic heterocycles. The number of aryl methyl sites for hydroxylation is 1. The summed E-state index contributed by atoms with van der Waals surface area (Å²) in [6.07, 6.45) is 0. The number of hydrogen-bond donors (Lipinski definition) is 0. The zero-order valence-corrected chi connectivity index (χ0v) is 7.70. The summed E-state index contributed by atoms with van der Waals surface area (Å²) < 4.78 is 5.82. The molecule has 0 aliphatic heterocycles. The van der Waals surface area contributed by atoms with Crippen molar-refractivity contribution in [2.24, 2.45) is 7.05 Å². The Hall–Kier alpha value is -1.65. The summed E-state index contributed by atoms with van der Waals surface area (Å²) in [5, 5.41) is 3.85. The standard InChI is InChI=1S/C8H10N2O3/c1-5(11)6-4-7(8(12)13-3)10(2)9-6/h4H,1-3H3. The lowest BCUT2D eigenvalue weighted by atomic mass is 10.3. The lowest BCUT2D eigenvalue weighted by Gasteiger charge is -1.96. The van der Waals surface area contributed by atoms with E-state index in [0.717, 1.165) is 0 Å². The van der Waals surface area contributed by atoms with Crippen molar-refractivity contribution >= 4 is 11.8 Å². The minimum absolute atomic E-state index is 0.175. The van der Waals surface area contributed by atoms with Gasteiger partial charge in [-0.25, -0.2) is 4.79 Å². The van der Waals surface area contributed by atoms with Crippen LogP contribution >= 0.6 is 0 Å². The first-order valence-corrected chi connectivity index (χ1v) is 3.69. The third-order valence-electron chi connectivity index (χ3n) is 1.64. The summed E-state index contributed by atoms with van der Waals surface area (Å²) in [6.45, 7) is 1.39.